The van der Waals surface area contributed by atoms with Crippen LogP contribution in [0.2, 0.25) is 28.2 Å². The van der Waals surface area contributed by atoms with Gasteiger partial charge in [0.1, 0.15) is 12.2 Å². The van der Waals surface area contributed by atoms with Gasteiger partial charge in [-0.05, 0) is 84.9 Å². The van der Waals surface area contributed by atoms with Crippen molar-refractivity contribution < 1.29 is 14.0 Å². The predicted molar refractivity (Wildman–Crippen MR) is 162 cm³/mol. The van der Waals surface area contributed by atoms with Gasteiger partial charge < -0.3 is 15.1 Å². The fraction of sp³-hybridized carbons (Fsp3) is 0.276. The molecule has 0 aromatic heterocycles. The summed E-state index contributed by atoms with van der Waals surface area (Å²) in [7, 11) is -1.90. The molecule has 0 heterocycles. The SMILES string of the molecule is [C-]#[N+]N(CCO[Si](C)(C)C(C)(C)C)c1ccc(NC(=O)c2ccc(Cl)cc2NC(=O)c2ccc(Cl)cc2)cc1. The lowest BCUT2D eigenvalue weighted by molar-refractivity contribution is 0.102. The van der Waals surface area contributed by atoms with Crippen molar-refractivity contribution in [1.82, 2.24) is 0 Å². The monoisotopic (exact) mass is 582 g/mol. The molecule has 39 heavy (non-hydrogen) atoms. The summed E-state index contributed by atoms with van der Waals surface area (Å²) >= 11 is 12.0. The summed E-state index contributed by atoms with van der Waals surface area (Å²) in [6.07, 6.45) is 0. The zero-order chi connectivity index (χ0) is 28.8. The minimum Gasteiger partial charge on any atom is -0.415 e. The van der Waals surface area contributed by atoms with Gasteiger partial charge in [0.05, 0.1) is 17.9 Å². The van der Waals surface area contributed by atoms with Crippen molar-refractivity contribution in [2.75, 3.05) is 28.8 Å². The zero-order valence-electron chi connectivity index (χ0n) is 22.6. The number of anilines is 3. The van der Waals surface area contributed by atoms with E-state index in [0.29, 0.717) is 40.1 Å². The highest BCUT2D eigenvalue weighted by Crippen LogP contribution is 2.36. The summed E-state index contributed by atoms with van der Waals surface area (Å²) in [6, 6.07) is 18.0. The molecule has 0 radical (unpaired) electrons. The molecule has 10 heteroatoms. The Morgan fingerprint density at radius 2 is 1.54 bits per heavy atom. The summed E-state index contributed by atoms with van der Waals surface area (Å²) in [5.74, 6) is -0.820. The first-order valence-corrected chi connectivity index (χ1v) is 16.0. The molecule has 0 unspecified atom stereocenters. The Morgan fingerprint density at radius 1 is 0.923 bits per heavy atom. The highest BCUT2D eigenvalue weighted by Gasteiger charge is 2.37. The Hall–Kier alpha value is -3.35. The van der Waals surface area contributed by atoms with Crippen LogP contribution in [-0.2, 0) is 4.43 Å². The van der Waals surface area contributed by atoms with E-state index < -0.39 is 20.1 Å². The molecule has 0 atom stereocenters. The van der Waals surface area contributed by atoms with Crippen LogP contribution in [0.1, 0.15) is 41.5 Å². The molecule has 2 amide bonds. The van der Waals surface area contributed by atoms with Crippen molar-refractivity contribution in [1.29, 1.82) is 0 Å². The van der Waals surface area contributed by atoms with Gasteiger partial charge in [-0.3, -0.25) is 9.59 Å². The molecule has 0 saturated heterocycles. The number of carbonyl (C=O) groups excluding carboxylic acids is 2. The molecule has 3 aromatic carbocycles. The second-order valence-corrected chi connectivity index (χ2v) is 16.2. The van der Waals surface area contributed by atoms with Crippen LogP contribution in [-0.4, -0.2) is 33.3 Å². The molecule has 0 spiro atoms. The Kier molecular flexibility index (Phi) is 9.81. The number of benzene rings is 3. The van der Waals surface area contributed by atoms with Crippen molar-refractivity contribution >= 4 is 60.4 Å². The summed E-state index contributed by atoms with van der Waals surface area (Å²) in [4.78, 5) is 29.4. The average Bonchev–Trinajstić information content (AvgIpc) is 2.87. The van der Waals surface area contributed by atoms with Crippen molar-refractivity contribution in [3.05, 3.63) is 99.4 Å². The third kappa shape index (κ3) is 8.07. The lowest BCUT2D eigenvalue weighted by atomic mass is 10.1. The maximum absolute atomic E-state index is 13.1. The minimum absolute atomic E-state index is 0.0956. The van der Waals surface area contributed by atoms with Gasteiger partial charge >= 0.3 is 0 Å². The van der Waals surface area contributed by atoms with Gasteiger partial charge in [-0.25, -0.2) is 0 Å². The summed E-state index contributed by atoms with van der Waals surface area (Å²) in [5, 5.41) is 8.11. The second-order valence-electron chi connectivity index (χ2n) is 10.5. The molecule has 0 aliphatic heterocycles. The number of nitrogens with one attached hydrogen (secondary N) is 2. The average molecular weight is 584 g/mol. The van der Waals surface area contributed by atoms with E-state index in [-0.39, 0.29) is 16.3 Å². The van der Waals surface area contributed by atoms with Crippen molar-refractivity contribution in [3.63, 3.8) is 0 Å². The van der Waals surface area contributed by atoms with Crippen LogP contribution >= 0.6 is 23.2 Å². The van der Waals surface area contributed by atoms with Crippen LogP contribution in [0, 0.1) is 6.57 Å². The predicted octanol–water partition coefficient (Wildman–Crippen LogP) is 8.16. The van der Waals surface area contributed by atoms with Gasteiger partial charge in [-0.15, -0.1) is 0 Å². The fourth-order valence-electron chi connectivity index (χ4n) is 3.37. The van der Waals surface area contributed by atoms with Crippen LogP contribution in [0.15, 0.2) is 66.7 Å². The van der Waals surface area contributed by atoms with Crippen LogP contribution in [0.25, 0.3) is 4.95 Å². The van der Waals surface area contributed by atoms with Crippen molar-refractivity contribution in [2.45, 2.75) is 38.9 Å². The van der Waals surface area contributed by atoms with Crippen LogP contribution < -0.4 is 15.6 Å². The summed E-state index contributed by atoms with van der Waals surface area (Å²) in [6.45, 7) is 19.4. The Morgan fingerprint density at radius 3 is 2.13 bits per heavy atom. The number of amides is 2. The van der Waals surface area contributed by atoms with Crippen molar-refractivity contribution in [3.8, 4) is 0 Å². The lowest BCUT2D eigenvalue weighted by Crippen LogP contribution is -2.42. The molecule has 3 aromatic rings. The molecule has 3 rings (SSSR count). The maximum Gasteiger partial charge on any atom is 0.257 e. The number of hydrogen-bond donors (Lipinski definition) is 2. The highest BCUT2D eigenvalue weighted by molar-refractivity contribution is 6.74. The quantitative estimate of drug-likeness (QED) is 0.151. The van der Waals surface area contributed by atoms with Crippen LogP contribution in [0.3, 0.4) is 0 Å². The maximum atomic E-state index is 13.1. The largest absolute Gasteiger partial charge is 0.415 e. The first kappa shape index (κ1) is 30.2. The number of nitrogens with zero attached hydrogens (tertiary/aromatic N) is 2. The van der Waals surface area contributed by atoms with E-state index in [0.717, 1.165) is 0 Å². The summed E-state index contributed by atoms with van der Waals surface area (Å²) in [5.41, 5.74) is 2.15. The van der Waals surface area contributed by atoms with Gasteiger partial charge in [0.15, 0.2) is 8.32 Å². The fourth-order valence-corrected chi connectivity index (χ4v) is 4.70. The number of halogens is 2. The smallest absolute Gasteiger partial charge is 0.257 e. The summed E-state index contributed by atoms with van der Waals surface area (Å²) < 4.78 is 6.21. The van der Waals surface area contributed by atoms with E-state index in [1.54, 1.807) is 65.7 Å². The molecule has 7 nitrogen and oxygen atoms in total. The Bertz CT molecular complexity index is 1370. The van der Waals surface area contributed by atoms with E-state index >= 15 is 0 Å². The lowest BCUT2D eigenvalue weighted by Gasteiger charge is -2.36. The normalized spacial score (nSPS) is 11.4. The Balaban J connectivity index is 1.67. The Labute approximate surface area is 241 Å². The number of carbonyl (C=O) groups is 2. The topological polar surface area (TPSA) is 75.0 Å². The molecular weight excluding hydrogens is 551 g/mol. The van der Waals surface area contributed by atoms with Crippen LogP contribution in [0.4, 0.5) is 17.1 Å². The van der Waals surface area contributed by atoms with E-state index in [4.69, 9.17) is 34.2 Å². The molecule has 0 fully saturated rings. The molecule has 2 N–H and O–H groups in total. The highest BCUT2D eigenvalue weighted by atomic mass is 35.5. The van der Waals surface area contributed by atoms with E-state index in [9.17, 15) is 9.59 Å². The zero-order valence-corrected chi connectivity index (χ0v) is 25.2. The number of hydrogen-bond acceptors (Lipinski definition) is 4. The standard InChI is InChI=1S/C29H32Cl2N4O3Si/c1-29(2,3)39(5,6)38-18-17-35(32-4)24-14-12-23(13-15-24)33-28(37)25-16-11-22(31)19-26(25)34-27(36)20-7-9-21(30)10-8-20/h7-16,19H,17-18H2,1-3,5-6H3,(H,33,37)(H,34,36). The minimum atomic E-state index is -1.90. The van der Waals surface area contributed by atoms with Crippen LogP contribution in [0.5, 0.6) is 0 Å². The third-order valence-electron chi connectivity index (χ3n) is 6.70. The van der Waals surface area contributed by atoms with Crippen molar-refractivity contribution in [2.24, 2.45) is 0 Å². The second kappa shape index (κ2) is 12.7. The molecule has 204 valence electrons. The van der Waals surface area contributed by atoms with E-state index in [2.05, 4.69) is 49.5 Å². The number of rotatable bonds is 9. The van der Waals surface area contributed by atoms with Gasteiger partial charge in [0.2, 0.25) is 0 Å². The molecule has 0 saturated carbocycles. The molecule has 0 aliphatic rings. The van der Waals surface area contributed by atoms with Gasteiger partial charge in [-0.2, -0.15) is 11.5 Å². The third-order valence-corrected chi connectivity index (χ3v) is 11.7. The first-order valence-electron chi connectivity index (χ1n) is 12.4. The first-order chi connectivity index (χ1) is 18.3. The van der Waals surface area contributed by atoms with Gasteiger partial charge in [-0.1, -0.05) is 49.0 Å². The van der Waals surface area contributed by atoms with Gasteiger partial charge in [0, 0.05) is 21.3 Å². The molecule has 0 aliphatic carbocycles. The van der Waals surface area contributed by atoms with E-state index in [1.807, 2.05) is 0 Å². The molecule has 0 bridgehead atoms. The van der Waals surface area contributed by atoms with E-state index in [1.165, 1.54) is 6.07 Å². The van der Waals surface area contributed by atoms with Gasteiger partial charge in [0.25, 0.3) is 11.8 Å². The molecular formula is C29H32Cl2N4O3Si.